The maximum atomic E-state index is 13.4. The van der Waals surface area contributed by atoms with Gasteiger partial charge in [0, 0.05) is 30.2 Å². The van der Waals surface area contributed by atoms with Crippen molar-refractivity contribution in [1.82, 2.24) is 9.47 Å². The highest BCUT2D eigenvalue weighted by Gasteiger charge is 2.64. The Morgan fingerprint density at radius 3 is 2.67 bits per heavy atom. The summed E-state index contributed by atoms with van der Waals surface area (Å²) in [6.45, 7) is 3.83. The lowest BCUT2D eigenvalue weighted by Gasteiger charge is -2.32. The van der Waals surface area contributed by atoms with Crippen LogP contribution >= 0.6 is 0 Å². The third kappa shape index (κ3) is 2.16. The fourth-order valence-corrected chi connectivity index (χ4v) is 5.39. The average Bonchev–Trinajstić information content (AvgIpc) is 3.29. The number of likely N-dealkylation sites (N-methyl/N-ethyl adjacent to an activating group) is 1. The summed E-state index contributed by atoms with van der Waals surface area (Å²) in [5.74, 6) is 0.0485. The van der Waals surface area contributed by atoms with Gasteiger partial charge in [-0.3, -0.25) is 9.69 Å². The summed E-state index contributed by atoms with van der Waals surface area (Å²) in [7, 11) is 2.13. The van der Waals surface area contributed by atoms with Crippen molar-refractivity contribution in [2.75, 3.05) is 20.2 Å². The molecule has 3 atom stereocenters. The molecule has 4 heteroatoms. The van der Waals surface area contributed by atoms with E-state index in [-0.39, 0.29) is 17.9 Å². The standard InChI is InChI=1S/C23H24N2O2/c1-3-27-22(26)23-15-25-19-12-8-7-11-17(19)13-20(25)21(23)24(2)14-18(23)16-9-5-4-6-10-16/h4-13,18,21H,3,14-15H2,1-2H3. The molecule has 1 fully saturated rings. The molecule has 2 aromatic carbocycles. The molecule has 0 amide bonds. The highest BCUT2D eigenvalue weighted by molar-refractivity contribution is 5.86. The van der Waals surface area contributed by atoms with Crippen molar-refractivity contribution in [2.45, 2.75) is 25.4 Å². The normalized spacial score (nSPS) is 26.9. The fourth-order valence-electron chi connectivity index (χ4n) is 5.39. The van der Waals surface area contributed by atoms with Crippen LogP contribution in [0.3, 0.4) is 0 Å². The number of carbonyl (C=O) groups excluding carboxylic acids is 1. The Hall–Kier alpha value is -2.59. The van der Waals surface area contributed by atoms with Gasteiger partial charge in [0.25, 0.3) is 0 Å². The second-order valence-electron chi connectivity index (χ2n) is 7.78. The topological polar surface area (TPSA) is 34.5 Å². The van der Waals surface area contributed by atoms with Crippen LogP contribution in [0.2, 0.25) is 0 Å². The Morgan fingerprint density at radius 2 is 1.89 bits per heavy atom. The van der Waals surface area contributed by atoms with Gasteiger partial charge in [0.2, 0.25) is 0 Å². The number of esters is 1. The molecule has 3 heterocycles. The number of fused-ring (bicyclic) bond motifs is 5. The summed E-state index contributed by atoms with van der Waals surface area (Å²) in [6.07, 6.45) is 0. The van der Waals surface area contributed by atoms with Gasteiger partial charge in [-0.25, -0.2) is 0 Å². The molecule has 1 saturated heterocycles. The molecule has 3 unspecified atom stereocenters. The minimum atomic E-state index is -0.578. The predicted octanol–water partition coefficient (Wildman–Crippen LogP) is 3.97. The van der Waals surface area contributed by atoms with E-state index in [9.17, 15) is 4.79 Å². The van der Waals surface area contributed by atoms with Crippen LogP contribution in [0.25, 0.3) is 10.9 Å². The monoisotopic (exact) mass is 360 g/mol. The van der Waals surface area contributed by atoms with E-state index in [1.807, 2.05) is 13.0 Å². The van der Waals surface area contributed by atoms with E-state index in [1.54, 1.807) is 0 Å². The van der Waals surface area contributed by atoms with E-state index in [0.29, 0.717) is 13.2 Å². The lowest BCUT2D eigenvalue weighted by atomic mass is 9.71. The molecule has 5 rings (SSSR count). The summed E-state index contributed by atoms with van der Waals surface area (Å²) >= 11 is 0. The molecule has 27 heavy (non-hydrogen) atoms. The average molecular weight is 360 g/mol. The van der Waals surface area contributed by atoms with Gasteiger partial charge in [-0.05, 0) is 37.1 Å². The van der Waals surface area contributed by atoms with Gasteiger partial charge in [-0.15, -0.1) is 0 Å². The number of rotatable bonds is 3. The third-order valence-corrected chi connectivity index (χ3v) is 6.42. The quantitative estimate of drug-likeness (QED) is 0.663. The first-order chi connectivity index (χ1) is 13.2. The summed E-state index contributed by atoms with van der Waals surface area (Å²) in [4.78, 5) is 15.8. The van der Waals surface area contributed by atoms with Gasteiger partial charge in [0.1, 0.15) is 5.41 Å². The number of carbonyl (C=O) groups is 1. The van der Waals surface area contributed by atoms with Crippen molar-refractivity contribution >= 4 is 16.9 Å². The Bertz CT molecular complexity index is 1010. The van der Waals surface area contributed by atoms with Crippen LogP contribution in [-0.2, 0) is 16.1 Å². The zero-order valence-electron chi connectivity index (χ0n) is 15.8. The summed E-state index contributed by atoms with van der Waals surface area (Å²) in [6, 6.07) is 21.2. The third-order valence-electron chi connectivity index (χ3n) is 6.42. The van der Waals surface area contributed by atoms with Crippen LogP contribution in [-0.4, -0.2) is 35.6 Å². The van der Waals surface area contributed by atoms with E-state index < -0.39 is 5.41 Å². The number of hydrogen-bond acceptors (Lipinski definition) is 3. The van der Waals surface area contributed by atoms with Crippen LogP contribution in [0.15, 0.2) is 60.7 Å². The molecule has 3 aromatic rings. The van der Waals surface area contributed by atoms with Gasteiger partial charge in [0.05, 0.1) is 12.6 Å². The largest absolute Gasteiger partial charge is 0.465 e. The SMILES string of the molecule is CCOC(=O)C12Cn3c(cc4ccccc43)C1N(C)CC2c1ccccc1. The molecule has 2 aliphatic rings. The number of ether oxygens (including phenoxy) is 1. The Morgan fingerprint density at radius 1 is 1.15 bits per heavy atom. The van der Waals surface area contributed by atoms with Crippen molar-refractivity contribution in [2.24, 2.45) is 5.41 Å². The summed E-state index contributed by atoms with van der Waals surface area (Å²) in [5, 5.41) is 1.24. The molecular formula is C23H24N2O2. The van der Waals surface area contributed by atoms with Gasteiger partial charge >= 0.3 is 5.97 Å². The van der Waals surface area contributed by atoms with E-state index in [2.05, 4.69) is 71.1 Å². The van der Waals surface area contributed by atoms with Crippen molar-refractivity contribution in [3.8, 4) is 0 Å². The maximum absolute atomic E-state index is 13.4. The molecule has 0 N–H and O–H groups in total. The Balaban J connectivity index is 1.71. The highest BCUT2D eigenvalue weighted by Crippen LogP contribution is 2.60. The molecule has 0 saturated carbocycles. The summed E-state index contributed by atoms with van der Waals surface area (Å²) in [5.41, 5.74) is 3.07. The number of aromatic nitrogens is 1. The predicted molar refractivity (Wildman–Crippen MR) is 106 cm³/mol. The molecule has 0 radical (unpaired) electrons. The lowest BCUT2D eigenvalue weighted by molar-refractivity contribution is -0.157. The van der Waals surface area contributed by atoms with E-state index >= 15 is 0 Å². The number of benzene rings is 2. The highest BCUT2D eigenvalue weighted by atomic mass is 16.5. The first-order valence-corrected chi connectivity index (χ1v) is 9.67. The molecular weight excluding hydrogens is 336 g/mol. The van der Waals surface area contributed by atoms with Gasteiger partial charge in [-0.1, -0.05) is 48.5 Å². The Labute approximate surface area is 159 Å². The zero-order chi connectivity index (χ0) is 18.6. The number of para-hydroxylation sites is 1. The minimum absolute atomic E-state index is 0.0363. The van der Waals surface area contributed by atoms with Gasteiger partial charge in [-0.2, -0.15) is 0 Å². The molecule has 2 aliphatic heterocycles. The molecule has 0 aliphatic carbocycles. The van der Waals surface area contributed by atoms with Gasteiger partial charge in [0.15, 0.2) is 0 Å². The Kier molecular flexibility index (Phi) is 3.66. The molecule has 1 aromatic heterocycles. The van der Waals surface area contributed by atoms with Crippen LogP contribution in [0.1, 0.15) is 30.1 Å². The second-order valence-corrected chi connectivity index (χ2v) is 7.78. The number of likely N-dealkylation sites (tertiary alicyclic amines) is 1. The van der Waals surface area contributed by atoms with E-state index in [0.717, 1.165) is 6.54 Å². The molecule has 4 nitrogen and oxygen atoms in total. The first-order valence-electron chi connectivity index (χ1n) is 9.67. The van der Waals surface area contributed by atoms with Crippen molar-refractivity contribution in [3.05, 3.63) is 71.9 Å². The number of hydrogen-bond donors (Lipinski definition) is 0. The fraction of sp³-hybridized carbons (Fsp3) is 0.348. The minimum Gasteiger partial charge on any atom is -0.465 e. The summed E-state index contributed by atoms with van der Waals surface area (Å²) < 4.78 is 8.00. The second kappa shape index (κ2) is 5.96. The van der Waals surface area contributed by atoms with Crippen LogP contribution in [0.5, 0.6) is 0 Å². The lowest BCUT2D eigenvalue weighted by Crippen LogP contribution is -2.40. The van der Waals surface area contributed by atoms with Crippen LogP contribution in [0.4, 0.5) is 0 Å². The maximum Gasteiger partial charge on any atom is 0.316 e. The molecule has 0 bridgehead atoms. The smallest absolute Gasteiger partial charge is 0.316 e. The van der Waals surface area contributed by atoms with E-state index in [4.69, 9.17) is 4.74 Å². The van der Waals surface area contributed by atoms with Crippen LogP contribution in [0, 0.1) is 5.41 Å². The molecule has 138 valence electrons. The first kappa shape index (κ1) is 16.6. The zero-order valence-corrected chi connectivity index (χ0v) is 15.8. The number of nitrogens with zero attached hydrogens (tertiary/aromatic N) is 2. The van der Waals surface area contributed by atoms with Crippen molar-refractivity contribution in [3.63, 3.8) is 0 Å². The van der Waals surface area contributed by atoms with Gasteiger partial charge < -0.3 is 9.30 Å². The van der Waals surface area contributed by atoms with Crippen molar-refractivity contribution < 1.29 is 9.53 Å². The van der Waals surface area contributed by atoms with Crippen molar-refractivity contribution in [1.29, 1.82) is 0 Å². The molecule has 0 spiro atoms. The van der Waals surface area contributed by atoms with Crippen LogP contribution < -0.4 is 0 Å². The van der Waals surface area contributed by atoms with E-state index in [1.165, 1.54) is 22.2 Å².